The minimum Gasteiger partial charge on any atom is -0.379 e. The second-order valence-corrected chi connectivity index (χ2v) is 7.24. The molecule has 16 heavy (non-hydrogen) atoms. The Hall–Kier alpha value is -0.500. The molecule has 0 aromatic carbocycles. The van der Waals surface area contributed by atoms with E-state index in [0.29, 0.717) is 18.2 Å². The van der Waals surface area contributed by atoms with Gasteiger partial charge >= 0.3 is 0 Å². The van der Waals surface area contributed by atoms with E-state index in [0.717, 1.165) is 12.1 Å². The highest BCUT2D eigenvalue weighted by Gasteiger charge is 2.34. The summed E-state index contributed by atoms with van der Waals surface area (Å²) in [6.45, 7) is 1.09. The van der Waals surface area contributed by atoms with Gasteiger partial charge in [-0.2, -0.15) is 0 Å². The van der Waals surface area contributed by atoms with Crippen molar-refractivity contribution in [1.29, 1.82) is 0 Å². The van der Waals surface area contributed by atoms with Crippen molar-refractivity contribution in [2.24, 2.45) is 5.73 Å². The largest absolute Gasteiger partial charge is 0.379 e. The number of hydrogen-bond donors (Lipinski definition) is 1. The Kier molecular flexibility index (Phi) is 3.04. The van der Waals surface area contributed by atoms with Crippen molar-refractivity contribution >= 4 is 21.2 Å². The zero-order valence-corrected chi connectivity index (χ0v) is 10.6. The average molecular weight is 262 g/mol. The molecular weight excluding hydrogens is 248 g/mol. The summed E-state index contributed by atoms with van der Waals surface area (Å²) in [5.74, 6) is -0.0192. The molecule has 1 aliphatic heterocycles. The summed E-state index contributed by atoms with van der Waals surface area (Å²) in [5.41, 5.74) is 6.34. The summed E-state index contributed by atoms with van der Waals surface area (Å²) < 4.78 is 27.5. The van der Waals surface area contributed by atoms with Gasteiger partial charge in [-0.15, -0.1) is 11.3 Å². The molecule has 1 unspecified atom stereocenters. The van der Waals surface area contributed by atoms with Crippen LogP contribution in [0.4, 0.5) is 0 Å². The van der Waals surface area contributed by atoms with Gasteiger partial charge in [-0.1, -0.05) is 0 Å². The molecular formula is C9H14N2O3S2. The minimum atomic E-state index is -3.03. The fraction of sp³-hybridized carbons (Fsp3) is 0.667. The van der Waals surface area contributed by atoms with E-state index in [2.05, 4.69) is 4.98 Å². The molecule has 90 valence electrons. The second kappa shape index (κ2) is 4.06. The van der Waals surface area contributed by atoms with Gasteiger partial charge in [-0.05, 0) is 6.42 Å². The molecule has 0 aliphatic carbocycles. The van der Waals surface area contributed by atoms with Crippen molar-refractivity contribution in [2.45, 2.75) is 17.7 Å². The van der Waals surface area contributed by atoms with Crippen molar-refractivity contribution in [2.75, 3.05) is 19.5 Å². The van der Waals surface area contributed by atoms with Crippen LogP contribution in [-0.4, -0.2) is 32.9 Å². The Balaban J connectivity index is 2.19. The first kappa shape index (κ1) is 12.0. The molecule has 0 bridgehead atoms. The Labute approximate surface area is 98.6 Å². The molecule has 1 fully saturated rings. The number of nitrogens with two attached hydrogens (primary N) is 1. The van der Waals surface area contributed by atoms with Crippen molar-refractivity contribution < 1.29 is 13.2 Å². The van der Waals surface area contributed by atoms with Crippen molar-refractivity contribution in [3.8, 4) is 0 Å². The summed E-state index contributed by atoms with van der Waals surface area (Å²) in [6, 6.07) is 0. The normalized spacial score (nSPS) is 26.1. The lowest BCUT2D eigenvalue weighted by atomic mass is 9.97. The van der Waals surface area contributed by atoms with Gasteiger partial charge in [0.25, 0.3) is 0 Å². The molecule has 0 saturated carbocycles. The maximum absolute atomic E-state index is 11.1. The van der Waals surface area contributed by atoms with Crippen LogP contribution in [-0.2, 0) is 25.9 Å². The molecule has 1 aliphatic rings. The Morgan fingerprint density at radius 3 is 3.00 bits per heavy atom. The van der Waals surface area contributed by atoms with Gasteiger partial charge in [0.1, 0.15) is 10.8 Å². The van der Waals surface area contributed by atoms with Crippen LogP contribution in [0.3, 0.4) is 0 Å². The molecule has 0 radical (unpaired) electrons. The van der Waals surface area contributed by atoms with E-state index in [1.807, 2.05) is 5.38 Å². The number of hydrogen-bond acceptors (Lipinski definition) is 6. The van der Waals surface area contributed by atoms with Crippen LogP contribution < -0.4 is 5.73 Å². The van der Waals surface area contributed by atoms with Crippen LogP contribution in [0.25, 0.3) is 0 Å². The maximum Gasteiger partial charge on any atom is 0.153 e. The summed E-state index contributed by atoms with van der Waals surface area (Å²) in [5, 5.41) is 2.42. The van der Waals surface area contributed by atoms with Gasteiger partial charge in [0.15, 0.2) is 9.84 Å². The molecule has 0 spiro atoms. The predicted octanol–water partition coefficient (Wildman–Crippen LogP) is 0.262. The van der Waals surface area contributed by atoms with E-state index in [4.69, 9.17) is 10.5 Å². The summed E-state index contributed by atoms with van der Waals surface area (Å²) >= 11 is 1.34. The zero-order valence-electron chi connectivity index (χ0n) is 8.97. The molecule has 1 aromatic heterocycles. The first-order valence-electron chi connectivity index (χ1n) is 4.88. The predicted molar refractivity (Wildman–Crippen MR) is 62.0 cm³/mol. The second-order valence-electron chi connectivity index (χ2n) is 4.16. The SMILES string of the molecule is CS(=O)(=O)Cc1nc(C2(N)CCOC2)cs1. The van der Waals surface area contributed by atoms with Crippen molar-refractivity contribution in [1.82, 2.24) is 4.98 Å². The number of rotatable bonds is 3. The highest BCUT2D eigenvalue weighted by molar-refractivity contribution is 7.90. The van der Waals surface area contributed by atoms with Crippen LogP contribution in [0, 0.1) is 0 Å². The van der Waals surface area contributed by atoms with Gasteiger partial charge in [-0.3, -0.25) is 0 Å². The van der Waals surface area contributed by atoms with Crippen LogP contribution in [0.15, 0.2) is 5.38 Å². The van der Waals surface area contributed by atoms with Gasteiger partial charge in [0.2, 0.25) is 0 Å². The van der Waals surface area contributed by atoms with E-state index in [1.165, 1.54) is 17.6 Å². The third kappa shape index (κ3) is 2.60. The molecule has 0 amide bonds. The third-order valence-electron chi connectivity index (χ3n) is 2.50. The van der Waals surface area contributed by atoms with Gasteiger partial charge in [0.05, 0.1) is 17.8 Å². The molecule has 1 saturated heterocycles. The fourth-order valence-corrected chi connectivity index (χ4v) is 3.73. The van der Waals surface area contributed by atoms with E-state index in [1.54, 1.807) is 0 Å². The Bertz CT molecular complexity index is 475. The van der Waals surface area contributed by atoms with Gasteiger partial charge in [0, 0.05) is 18.2 Å². The smallest absolute Gasteiger partial charge is 0.153 e. The fourth-order valence-electron chi connectivity index (χ4n) is 1.61. The lowest BCUT2D eigenvalue weighted by Gasteiger charge is -2.18. The minimum absolute atomic E-state index is 0.0192. The number of thiazole rings is 1. The summed E-state index contributed by atoms with van der Waals surface area (Å²) in [6.07, 6.45) is 1.93. The van der Waals surface area contributed by atoms with Crippen molar-refractivity contribution in [3.63, 3.8) is 0 Å². The molecule has 2 rings (SSSR count). The number of nitrogens with zero attached hydrogens (tertiary/aromatic N) is 1. The zero-order chi connectivity index (χ0) is 11.8. The molecule has 2 N–H and O–H groups in total. The summed E-state index contributed by atoms with van der Waals surface area (Å²) in [7, 11) is -3.03. The van der Waals surface area contributed by atoms with E-state index in [9.17, 15) is 8.42 Å². The van der Waals surface area contributed by atoms with Gasteiger partial charge < -0.3 is 10.5 Å². The Morgan fingerprint density at radius 1 is 1.69 bits per heavy atom. The topological polar surface area (TPSA) is 82.3 Å². The first-order chi connectivity index (χ1) is 7.39. The first-order valence-corrected chi connectivity index (χ1v) is 7.82. The Morgan fingerprint density at radius 2 is 2.44 bits per heavy atom. The standard InChI is InChI=1S/C9H14N2O3S2/c1-16(12,13)5-8-11-7(4-15-8)9(10)2-3-14-6-9/h4H,2-3,5-6,10H2,1H3. The molecule has 2 heterocycles. The summed E-state index contributed by atoms with van der Waals surface area (Å²) in [4.78, 5) is 4.28. The number of aromatic nitrogens is 1. The molecule has 1 aromatic rings. The van der Waals surface area contributed by atoms with E-state index >= 15 is 0 Å². The lowest BCUT2D eigenvalue weighted by molar-refractivity contribution is 0.177. The average Bonchev–Trinajstić information content (AvgIpc) is 2.72. The van der Waals surface area contributed by atoms with Crippen LogP contribution in [0.1, 0.15) is 17.1 Å². The van der Waals surface area contributed by atoms with Crippen LogP contribution in [0.5, 0.6) is 0 Å². The monoisotopic (exact) mass is 262 g/mol. The quantitative estimate of drug-likeness (QED) is 0.845. The third-order valence-corrected chi connectivity index (χ3v) is 4.33. The van der Waals surface area contributed by atoms with E-state index in [-0.39, 0.29) is 5.75 Å². The van der Waals surface area contributed by atoms with Crippen molar-refractivity contribution in [3.05, 3.63) is 16.1 Å². The number of ether oxygens (including phenoxy) is 1. The van der Waals surface area contributed by atoms with Crippen LogP contribution >= 0.6 is 11.3 Å². The lowest BCUT2D eigenvalue weighted by Crippen LogP contribution is -2.37. The molecule has 1 atom stereocenters. The highest BCUT2D eigenvalue weighted by Crippen LogP contribution is 2.28. The molecule has 7 heteroatoms. The maximum atomic E-state index is 11.1. The van der Waals surface area contributed by atoms with E-state index < -0.39 is 15.4 Å². The van der Waals surface area contributed by atoms with Crippen LogP contribution in [0.2, 0.25) is 0 Å². The number of sulfone groups is 1. The molecule has 5 nitrogen and oxygen atoms in total. The van der Waals surface area contributed by atoms with Gasteiger partial charge in [-0.25, -0.2) is 13.4 Å². The highest BCUT2D eigenvalue weighted by atomic mass is 32.2.